The van der Waals surface area contributed by atoms with Crippen LogP contribution in [-0.2, 0) is 20.9 Å². The van der Waals surface area contributed by atoms with Crippen LogP contribution in [0.5, 0.6) is 0 Å². The number of amides is 2. The Morgan fingerprint density at radius 2 is 1.92 bits per heavy atom. The summed E-state index contributed by atoms with van der Waals surface area (Å²) in [5.41, 5.74) is 0.878. The molecule has 6 heteroatoms. The van der Waals surface area contributed by atoms with Crippen molar-refractivity contribution in [2.75, 3.05) is 32.8 Å². The molecule has 0 unspecified atom stereocenters. The van der Waals surface area contributed by atoms with Gasteiger partial charge in [0.25, 0.3) is 0 Å². The summed E-state index contributed by atoms with van der Waals surface area (Å²) in [6, 6.07) is 9.93. The number of hydrogen-bond acceptors (Lipinski definition) is 4. The van der Waals surface area contributed by atoms with Gasteiger partial charge >= 0.3 is 0 Å². The normalized spacial score (nSPS) is 26.1. The summed E-state index contributed by atoms with van der Waals surface area (Å²) in [4.78, 5) is 31.3. The predicted octanol–water partition coefficient (Wildman–Crippen LogP) is 1.07. The van der Waals surface area contributed by atoms with E-state index in [9.17, 15) is 9.59 Å². The predicted molar refractivity (Wildman–Crippen MR) is 92.5 cm³/mol. The van der Waals surface area contributed by atoms with Crippen LogP contribution in [0.15, 0.2) is 30.3 Å². The van der Waals surface area contributed by atoms with Crippen molar-refractivity contribution in [3.63, 3.8) is 0 Å². The largest absolute Gasteiger partial charge is 0.381 e. The summed E-state index contributed by atoms with van der Waals surface area (Å²) in [6.07, 6.45) is 1.67. The first-order valence-electron chi connectivity index (χ1n) is 9.07. The van der Waals surface area contributed by atoms with Crippen LogP contribution in [0, 0.1) is 0 Å². The zero-order valence-corrected chi connectivity index (χ0v) is 14.7. The zero-order chi connectivity index (χ0) is 17.4. The highest BCUT2D eigenvalue weighted by atomic mass is 16.5. The first-order valence-corrected chi connectivity index (χ1v) is 9.07. The van der Waals surface area contributed by atoms with Crippen LogP contribution in [0.2, 0.25) is 0 Å². The highest BCUT2D eigenvalue weighted by Crippen LogP contribution is 2.42. The Morgan fingerprint density at radius 1 is 1.20 bits per heavy atom. The second kappa shape index (κ2) is 6.42. The van der Waals surface area contributed by atoms with E-state index in [0.717, 1.165) is 24.9 Å². The van der Waals surface area contributed by atoms with Crippen molar-refractivity contribution in [3.05, 3.63) is 35.9 Å². The van der Waals surface area contributed by atoms with Crippen LogP contribution in [0.1, 0.15) is 25.3 Å². The fourth-order valence-corrected chi connectivity index (χ4v) is 4.57. The second-order valence-corrected chi connectivity index (χ2v) is 7.18. The lowest BCUT2D eigenvalue weighted by atomic mass is 9.96. The van der Waals surface area contributed by atoms with Crippen LogP contribution in [0.3, 0.4) is 0 Å². The van der Waals surface area contributed by atoms with Gasteiger partial charge in [0.1, 0.15) is 11.7 Å². The van der Waals surface area contributed by atoms with Crippen LogP contribution in [0.25, 0.3) is 0 Å². The Labute approximate surface area is 148 Å². The van der Waals surface area contributed by atoms with Gasteiger partial charge in [-0.05, 0) is 5.56 Å². The van der Waals surface area contributed by atoms with Gasteiger partial charge in [-0.15, -0.1) is 0 Å². The number of piperazine rings is 1. The van der Waals surface area contributed by atoms with Crippen LogP contribution in [-0.4, -0.2) is 71.1 Å². The second-order valence-electron chi connectivity index (χ2n) is 7.18. The third-order valence-corrected chi connectivity index (χ3v) is 5.89. The molecule has 2 amide bonds. The summed E-state index contributed by atoms with van der Waals surface area (Å²) in [6.45, 7) is 5.51. The third-order valence-electron chi connectivity index (χ3n) is 5.89. The molecule has 0 saturated carbocycles. The molecule has 6 nitrogen and oxygen atoms in total. The molecule has 25 heavy (non-hydrogen) atoms. The number of benzene rings is 1. The average molecular weight is 343 g/mol. The van der Waals surface area contributed by atoms with E-state index in [-0.39, 0.29) is 23.5 Å². The Kier molecular flexibility index (Phi) is 4.25. The highest BCUT2D eigenvalue weighted by molar-refractivity contribution is 5.86. The molecule has 3 aliphatic rings. The number of fused-ring (bicyclic) bond motifs is 2. The van der Waals surface area contributed by atoms with E-state index in [1.807, 2.05) is 18.2 Å². The molecule has 0 radical (unpaired) electrons. The maximum absolute atomic E-state index is 13.3. The van der Waals surface area contributed by atoms with Crippen molar-refractivity contribution in [2.24, 2.45) is 0 Å². The van der Waals surface area contributed by atoms with Crippen LogP contribution in [0.4, 0.5) is 0 Å². The van der Waals surface area contributed by atoms with Gasteiger partial charge in [0.15, 0.2) is 0 Å². The SMILES string of the molecule is CC(=O)N1CCN2[C@H](C1)C(=O)N(Cc1ccccc1)C21CCOCC1. The summed E-state index contributed by atoms with van der Waals surface area (Å²) in [5.74, 6) is 0.201. The lowest BCUT2D eigenvalue weighted by molar-refractivity contribution is -0.137. The lowest BCUT2D eigenvalue weighted by Gasteiger charge is -2.48. The van der Waals surface area contributed by atoms with E-state index in [4.69, 9.17) is 4.74 Å². The van der Waals surface area contributed by atoms with E-state index in [2.05, 4.69) is 21.9 Å². The van der Waals surface area contributed by atoms with Crippen molar-refractivity contribution in [2.45, 2.75) is 38.0 Å². The molecule has 3 saturated heterocycles. The Morgan fingerprint density at radius 3 is 2.60 bits per heavy atom. The maximum Gasteiger partial charge on any atom is 0.243 e. The smallest absolute Gasteiger partial charge is 0.243 e. The van der Waals surface area contributed by atoms with Crippen LogP contribution >= 0.6 is 0 Å². The van der Waals surface area contributed by atoms with Crippen molar-refractivity contribution in [1.82, 2.24) is 14.7 Å². The fraction of sp³-hybridized carbons (Fsp3) is 0.579. The van der Waals surface area contributed by atoms with Crippen molar-refractivity contribution >= 4 is 11.8 Å². The molecule has 3 fully saturated rings. The van der Waals surface area contributed by atoms with Gasteiger partial charge in [-0.25, -0.2) is 0 Å². The first-order chi connectivity index (χ1) is 12.1. The molecule has 3 heterocycles. The van der Waals surface area contributed by atoms with Gasteiger partial charge < -0.3 is 14.5 Å². The van der Waals surface area contributed by atoms with Gasteiger partial charge in [-0.2, -0.15) is 0 Å². The van der Waals surface area contributed by atoms with E-state index >= 15 is 0 Å². The number of carbonyl (C=O) groups is 2. The summed E-state index contributed by atoms with van der Waals surface area (Å²) in [7, 11) is 0. The molecule has 1 atom stereocenters. The van der Waals surface area contributed by atoms with Crippen LogP contribution < -0.4 is 0 Å². The fourth-order valence-electron chi connectivity index (χ4n) is 4.57. The minimum absolute atomic E-state index is 0.0509. The molecule has 0 aromatic heterocycles. The van der Waals surface area contributed by atoms with E-state index in [0.29, 0.717) is 32.8 Å². The quantitative estimate of drug-likeness (QED) is 0.806. The highest BCUT2D eigenvalue weighted by Gasteiger charge is 2.58. The molecular weight excluding hydrogens is 318 g/mol. The van der Waals surface area contributed by atoms with Gasteiger partial charge in [0.05, 0.1) is 13.2 Å². The van der Waals surface area contributed by atoms with Crippen molar-refractivity contribution < 1.29 is 14.3 Å². The molecule has 1 aromatic rings. The van der Waals surface area contributed by atoms with Gasteiger partial charge in [0.2, 0.25) is 11.8 Å². The molecule has 4 rings (SSSR count). The van der Waals surface area contributed by atoms with Gasteiger partial charge in [-0.1, -0.05) is 30.3 Å². The average Bonchev–Trinajstić information content (AvgIpc) is 2.86. The number of rotatable bonds is 2. The molecule has 1 aromatic carbocycles. The van der Waals surface area contributed by atoms with E-state index in [1.54, 1.807) is 11.8 Å². The number of carbonyl (C=O) groups excluding carboxylic acids is 2. The lowest BCUT2D eigenvalue weighted by Crippen LogP contribution is -2.62. The van der Waals surface area contributed by atoms with E-state index < -0.39 is 0 Å². The molecule has 3 aliphatic heterocycles. The zero-order valence-electron chi connectivity index (χ0n) is 14.7. The minimum Gasteiger partial charge on any atom is -0.381 e. The summed E-state index contributed by atoms with van der Waals surface area (Å²) in [5, 5.41) is 0. The van der Waals surface area contributed by atoms with Crippen molar-refractivity contribution in [1.29, 1.82) is 0 Å². The molecule has 134 valence electrons. The molecular formula is C19H25N3O3. The maximum atomic E-state index is 13.3. The molecule has 0 aliphatic carbocycles. The summed E-state index contributed by atoms with van der Waals surface area (Å²) >= 11 is 0. The Hall–Kier alpha value is -1.92. The first kappa shape index (κ1) is 16.5. The standard InChI is InChI=1S/C19H25N3O3/c1-15(23)20-9-10-21-17(14-20)18(24)22(13-16-5-3-2-4-6-16)19(21)7-11-25-12-8-19/h2-6,17H,7-14H2,1H3/t17-/m1/s1. The minimum atomic E-state index is -0.265. The molecule has 0 bridgehead atoms. The third kappa shape index (κ3) is 2.73. The van der Waals surface area contributed by atoms with Gasteiger partial charge in [-0.3, -0.25) is 14.5 Å². The van der Waals surface area contributed by atoms with Gasteiger partial charge in [0, 0.05) is 45.9 Å². The van der Waals surface area contributed by atoms with Crippen molar-refractivity contribution in [3.8, 4) is 0 Å². The Bertz CT molecular complexity index is 657. The topological polar surface area (TPSA) is 53.1 Å². The molecule has 1 spiro atoms. The number of nitrogens with zero attached hydrogens (tertiary/aromatic N) is 3. The van der Waals surface area contributed by atoms with E-state index in [1.165, 1.54) is 0 Å². The summed E-state index contributed by atoms with van der Waals surface area (Å²) < 4.78 is 5.60. The Balaban J connectivity index is 1.66. The number of hydrogen-bond donors (Lipinski definition) is 0. The number of ether oxygens (including phenoxy) is 1. The molecule has 0 N–H and O–H groups in total. The monoisotopic (exact) mass is 343 g/mol.